The minimum atomic E-state index is -0.872. The molecule has 114 valence electrons. The highest BCUT2D eigenvalue weighted by molar-refractivity contribution is 6.03. The number of anilines is 1. The van der Waals surface area contributed by atoms with Gasteiger partial charge in [0.2, 0.25) is 0 Å². The van der Waals surface area contributed by atoms with Crippen LogP contribution in [0.3, 0.4) is 0 Å². The summed E-state index contributed by atoms with van der Waals surface area (Å²) in [7, 11) is 0. The molecular formula is C16H17N3O3. The maximum absolute atomic E-state index is 10.8. The number of aliphatic hydroxyl groups is 1. The van der Waals surface area contributed by atoms with Gasteiger partial charge in [-0.05, 0) is 30.0 Å². The molecule has 22 heavy (non-hydrogen) atoms. The van der Waals surface area contributed by atoms with Crippen molar-refractivity contribution >= 4 is 34.1 Å². The number of nitrogens with zero attached hydrogens (tertiary/aromatic N) is 2. The Bertz CT molecular complexity index is 784. The molecule has 1 aromatic carbocycles. The number of aromatic nitrogens is 1. The van der Waals surface area contributed by atoms with Gasteiger partial charge in [0.1, 0.15) is 11.5 Å². The summed E-state index contributed by atoms with van der Waals surface area (Å²) in [5, 5.41) is 18.8. The number of rotatable bonds is 5. The van der Waals surface area contributed by atoms with Gasteiger partial charge in [0.25, 0.3) is 0 Å². The lowest BCUT2D eigenvalue weighted by atomic mass is 10.0. The molecule has 4 N–H and O–H groups in total. The van der Waals surface area contributed by atoms with Crippen LogP contribution in [0.25, 0.3) is 10.9 Å². The number of fused-ring (bicyclic) bond motifs is 3. The van der Waals surface area contributed by atoms with Crippen molar-refractivity contribution in [2.75, 3.05) is 12.3 Å². The van der Waals surface area contributed by atoms with Crippen molar-refractivity contribution in [1.82, 2.24) is 4.98 Å². The number of nitrogen functional groups attached to an aromatic ring is 1. The fourth-order valence-electron chi connectivity index (χ4n) is 2.81. The molecule has 0 bridgehead atoms. The molecule has 1 aliphatic heterocycles. The van der Waals surface area contributed by atoms with E-state index in [2.05, 4.69) is 9.98 Å². The molecule has 2 heterocycles. The fraction of sp³-hybridized carbons (Fsp3) is 0.312. The van der Waals surface area contributed by atoms with Crippen LogP contribution in [0.5, 0.6) is 0 Å². The summed E-state index contributed by atoms with van der Waals surface area (Å²) < 4.78 is 0. The average molecular weight is 299 g/mol. The van der Waals surface area contributed by atoms with Crippen molar-refractivity contribution in [2.24, 2.45) is 4.99 Å². The first kappa shape index (κ1) is 14.5. The average Bonchev–Trinajstić information content (AvgIpc) is 2.89. The van der Waals surface area contributed by atoms with Crippen molar-refractivity contribution in [3.63, 3.8) is 0 Å². The molecule has 0 amide bonds. The number of nitrogens with two attached hydrogens (primary N) is 1. The monoisotopic (exact) mass is 299 g/mol. The number of aliphatic imine (C=N–C) groups is 1. The molecule has 0 aliphatic carbocycles. The van der Waals surface area contributed by atoms with Gasteiger partial charge in [0.15, 0.2) is 0 Å². The van der Waals surface area contributed by atoms with E-state index < -0.39 is 5.97 Å². The molecule has 0 unspecified atom stereocenters. The first-order valence-corrected chi connectivity index (χ1v) is 7.18. The molecule has 1 aliphatic rings. The van der Waals surface area contributed by atoms with Crippen molar-refractivity contribution in [3.05, 3.63) is 29.3 Å². The Morgan fingerprint density at radius 2 is 2.18 bits per heavy atom. The smallest absolute Gasteiger partial charge is 0.307 e. The van der Waals surface area contributed by atoms with Crippen LogP contribution in [0.15, 0.2) is 23.2 Å². The van der Waals surface area contributed by atoms with Crippen molar-refractivity contribution < 1.29 is 15.0 Å². The third kappa shape index (κ3) is 2.65. The predicted octanol–water partition coefficient (Wildman–Crippen LogP) is 1.85. The van der Waals surface area contributed by atoms with Gasteiger partial charge in [0.05, 0.1) is 11.9 Å². The number of benzene rings is 1. The number of hydrogen-bond donors (Lipinski definition) is 3. The summed E-state index contributed by atoms with van der Waals surface area (Å²) in [5.74, 6) is -0.503. The minimum absolute atomic E-state index is 0.0349. The topological polar surface area (TPSA) is 109 Å². The van der Waals surface area contributed by atoms with E-state index in [0.29, 0.717) is 35.4 Å². The highest BCUT2D eigenvalue weighted by Crippen LogP contribution is 2.37. The summed E-state index contributed by atoms with van der Waals surface area (Å²) in [4.78, 5) is 19.7. The minimum Gasteiger partial charge on any atom is -0.481 e. The number of aliphatic hydroxyl groups excluding tert-OH is 1. The molecule has 6 nitrogen and oxygen atoms in total. The van der Waals surface area contributed by atoms with E-state index in [9.17, 15) is 4.79 Å². The lowest BCUT2D eigenvalue weighted by Gasteiger charge is -2.08. The van der Waals surface area contributed by atoms with E-state index in [1.54, 1.807) is 12.1 Å². The van der Waals surface area contributed by atoms with E-state index in [0.717, 1.165) is 23.1 Å². The van der Waals surface area contributed by atoms with E-state index in [4.69, 9.17) is 15.9 Å². The first-order valence-electron chi connectivity index (χ1n) is 7.18. The fourth-order valence-corrected chi connectivity index (χ4v) is 2.81. The van der Waals surface area contributed by atoms with Gasteiger partial charge in [-0.25, -0.2) is 4.98 Å². The molecule has 0 spiro atoms. The Morgan fingerprint density at radius 3 is 2.91 bits per heavy atom. The standard InChI is InChI=1S/C16H17N3O3/c17-16-15-12(8-10(18-15)2-1-5-20)11-4-3-9(7-14(21)22)6-13(11)19-16/h3-4,6,20H,1-2,5,7-8H2,(H2,17,19)(H,21,22). The third-order valence-electron chi connectivity index (χ3n) is 3.79. The van der Waals surface area contributed by atoms with Crippen LogP contribution in [0, 0.1) is 0 Å². The van der Waals surface area contributed by atoms with Crippen LogP contribution in [0.2, 0.25) is 0 Å². The van der Waals surface area contributed by atoms with Gasteiger partial charge in [-0.1, -0.05) is 12.1 Å². The number of aliphatic carboxylic acids is 1. The second kappa shape index (κ2) is 5.73. The molecule has 0 saturated heterocycles. The first-order chi connectivity index (χ1) is 10.6. The largest absolute Gasteiger partial charge is 0.481 e. The molecule has 0 radical (unpaired) electrons. The summed E-state index contributed by atoms with van der Waals surface area (Å²) in [6, 6.07) is 5.47. The Hall–Kier alpha value is -2.47. The van der Waals surface area contributed by atoms with Crippen LogP contribution in [-0.4, -0.2) is 33.5 Å². The highest BCUT2D eigenvalue weighted by Gasteiger charge is 2.21. The number of pyridine rings is 1. The van der Waals surface area contributed by atoms with Crippen LogP contribution < -0.4 is 5.73 Å². The zero-order chi connectivity index (χ0) is 15.7. The molecule has 2 aromatic rings. The van der Waals surface area contributed by atoms with Crippen molar-refractivity contribution in [2.45, 2.75) is 25.7 Å². The molecule has 3 rings (SSSR count). The van der Waals surface area contributed by atoms with E-state index in [1.807, 2.05) is 6.07 Å². The Morgan fingerprint density at radius 1 is 1.36 bits per heavy atom. The summed E-state index contributed by atoms with van der Waals surface area (Å²) in [6.07, 6.45) is 2.09. The van der Waals surface area contributed by atoms with Gasteiger partial charge in [-0.15, -0.1) is 0 Å². The van der Waals surface area contributed by atoms with Gasteiger partial charge in [-0.3, -0.25) is 9.79 Å². The molecule has 1 aromatic heterocycles. The van der Waals surface area contributed by atoms with Gasteiger partial charge in [-0.2, -0.15) is 0 Å². The number of hydrogen-bond acceptors (Lipinski definition) is 5. The summed E-state index contributed by atoms with van der Waals surface area (Å²) in [6.45, 7) is 0.141. The van der Waals surface area contributed by atoms with Crippen LogP contribution in [-0.2, 0) is 17.6 Å². The van der Waals surface area contributed by atoms with E-state index >= 15 is 0 Å². The number of carboxylic acid groups (broad SMARTS) is 1. The Balaban J connectivity index is 2.00. The van der Waals surface area contributed by atoms with Crippen LogP contribution in [0.1, 0.15) is 24.0 Å². The van der Waals surface area contributed by atoms with Crippen LogP contribution >= 0.6 is 0 Å². The van der Waals surface area contributed by atoms with Gasteiger partial charge >= 0.3 is 5.97 Å². The predicted molar refractivity (Wildman–Crippen MR) is 84.6 cm³/mol. The molecule has 0 fully saturated rings. The zero-order valence-corrected chi connectivity index (χ0v) is 12.0. The molecule has 6 heteroatoms. The lowest BCUT2D eigenvalue weighted by Crippen LogP contribution is -2.02. The quantitative estimate of drug-likeness (QED) is 0.780. The molecule has 0 saturated carbocycles. The summed E-state index contributed by atoms with van der Waals surface area (Å²) >= 11 is 0. The van der Waals surface area contributed by atoms with E-state index in [1.165, 1.54) is 0 Å². The number of carboxylic acids is 1. The number of carbonyl (C=O) groups is 1. The third-order valence-corrected chi connectivity index (χ3v) is 3.79. The SMILES string of the molecule is Nc1nc2cc(CC(=O)O)ccc2c2c1N=C(CCCO)C2. The second-order valence-corrected chi connectivity index (χ2v) is 5.43. The summed E-state index contributed by atoms with van der Waals surface area (Å²) in [5.41, 5.74) is 10.2. The van der Waals surface area contributed by atoms with Gasteiger partial charge < -0.3 is 15.9 Å². The maximum atomic E-state index is 10.8. The van der Waals surface area contributed by atoms with Crippen molar-refractivity contribution in [1.29, 1.82) is 0 Å². The van der Waals surface area contributed by atoms with E-state index in [-0.39, 0.29) is 13.0 Å². The van der Waals surface area contributed by atoms with Gasteiger partial charge in [0, 0.05) is 24.1 Å². The molecule has 0 atom stereocenters. The Kier molecular flexibility index (Phi) is 3.77. The van der Waals surface area contributed by atoms with Crippen LogP contribution in [0.4, 0.5) is 11.5 Å². The molecular weight excluding hydrogens is 282 g/mol. The highest BCUT2D eigenvalue weighted by atomic mass is 16.4. The normalized spacial score (nSPS) is 13.2. The van der Waals surface area contributed by atoms with Crippen molar-refractivity contribution in [3.8, 4) is 0 Å². The second-order valence-electron chi connectivity index (χ2n) is 5.43. The lowest BCUT2D eigenvalue weighted by molar-refractivity contribution is -0.136. The maximum Gasteiger partial charge on any atom is 0.307 e. The zero-order valence-electron chi connectivity index (χ0n) is 12.0. The Labute approximate surface area is 127 Å².